The van der Waals surface area contributed by atoms with Crippen molar-refractivity contribution < 1.29 is 13.9 Å². The van der Waals surface area contributed by atoms with Gasteiger partial charge < -0.3 is 19.4 Å². The Hall–Kier alpha value is -3.98. The fourth-order valence-corrected chi connectivity index (χ4v) is 3.70. The van der Waals surface area contributed by atoms with Crippen molar-refractivity contribution in [2.24, 2.45) is 0 Å². The van der Waals surface area contributed by atoms with Crippen molar-refractivity contribution in [3.8, 4) is 23.2 Å². The standard InChI is InChI=1S/C26H30N6O3/c1-16-12-17(2)32(30-16)24-14-23(27-25(29-24)22-11-10-18(3)34-22)28-26(33)19(4)35-21-9-7-8-20(13-21)15-31(5)6/h7-14,19H,15H2,1-6H3,(H,27,28,29,33). The van der Waals surface area contributed by atoms with Gasteiger partial charge in [-0.1, -0.05) is 12.1 Å². The molecule has 35 heavy (non-hydrogen) atoms. The molecular formula is C26H30N6O3. The molecule has 0 saturated carbocycles. The van der Waals surface area contributed by atoms with Gasteiger partial charge in [0.1, 0.15) is 17.3 Å². The molecule has 1 unspecified atom stereocenters. The lowest BCUT2D eigenvalue weighted by Crippen LogP contribution is -2.30. The van der Waals surface area contributed by atoms with Gasteiger partial charge in [0.05, 0.1) is 5.69 Å². The first-order valence-corrected chi connectivity index (χ1v) is 11.4. The predicted octanol–water partition coefficient (Wildman–Crippen LogP) is 4.32. The number of aromatic nitrogens is 4. The number of rotatable bonds is 8. The van der Waals surface area contributed by atoms with Gasteiger partial charge >= 0.3 is 0 Å². The molecule has 9 nitrogen and oxygen atoms in total. The largest absolute Gasteiger partial charge is 0.481 e. The summed E-state index contributed by atoms with van der Waals surface area (Å²) >= 11 is 0. The molecule has 9 heteroatoms. The van der Waals surface area contributed by atoms with Gasteiger partial charge in [-0.3, -0.25) is 4.79 Å². The van der Waals surface area contributed by atoms with Crippen LogP contribution in [0.3, 0.4) is 0 Å². The molecule has 3 heterocycles. The van der Waals surface area contributed by atoms with Gasteiger partial charge in [-0.2, -0.15) is 5.10 Å². The molecule has 0 spiro atoms. The van der Waals surface area contributed by atoms with E-state index in [1.807, 2.05) is 71.3 Å². The number of hydrogen-bond acceptors (Lipinski definition) is 7. The van der Waals surface area contributed by atoms with E-state index in [0.717, 1.165) is 29.3 Å². The summed E-state index contributed by atoms with van der Waals surface area (Å²) in [5.41, 5.74) is 2.87. The molecule has 3 aromatic heterocycles. The number of carbonyl (C=O) groups is 1. The van der Waals surface area contributed by atoms with Gasteiger partial charge in [-0.15, -0.1) is 0 Å². The SMILES string of the molecule is Cc1cc(C)n(-c2cc(NC(=O)C(C)Oc3cccc(CN(C)C)c3)nc(-c3ccc(C)o3)n2)n1. The average molecular weight is 475 g/mol. The lowest BCUT2D eigenvalue weighted by atomic mass is 10.2. The summed E-state index contributed by atoms with van der Waals surface area (Å²) < 4.78 is 13.4. The van der Waals surface area contributed by atoms with Crippen molar-refractivity contribution >= 4 is 11.7 Å². The summed E-state index contributed by atoms with van der Waals surface area (Å²) in [6.07, 6.45) is -0.744. The normalized spacial score (nSPS) is 12.1. The Morgan fingerprint density at radius 3 is 2.57 bits per heavy atom. The van der Waals surface area contributed by atoms with Crippen molar-refractivity contribution in [1.29, 1.82) is 0 Å². The molecule has 1 amide bonds. The maximum atomic E-state index is 13.0. The molecule has 0 radical (unpaired) electrons. The van der Waals surface area contributed by atoms with Crippen molar-refractivity contribution in [2.75, 3.05) is 19.4 Å². The Kier molecular flexibility index (Phi) is 6.97. The Bertz CT molecular complexity index is 1340. The lowest BCUT2D eigenvalue weighted by molar-refractivity contribution is -0.122. The molecule has 4 rings (SSSR count). The fraction of sp³-hybridized carbons (Fsp3) is 0.308. The number of furan rings is 1. The lowest BCUT2D eigenvalue weighted by Gasteiger charge is -2.16. The Morgan fingerprint density at radius 1 is 1.11 bits per heavy atom. The second-order valence-corrected chi connectivity index (χ2v) is 8.82. The topological polar surface area (TPSA) is 98.3 Å². The van der Waals surface area contributed by atoms with E-state index in [2.05, 4.69) is 25.3 Å². The van der Waals surface area contributed by atoms with Crippen LogP contribution < -0.4 is 10.1 Å². The van der Waals surface area contributed by atoms with Crippen LogP contribution in [-0.2, 0) is 11.3 Å². The van der Waals surface area contributed by atoms with E-state index in [-0.39, 0.29) is 5.91 Å². The Morgan fingerprint density at radius 2 is 1.91 bits per heavy atom. The predicted molar refractivity (Wildman–Crippen MR) is 134 cm³/mol. The highest BCUT2D eigenvalue weighted by molar-refractivity contribution is 5.93. The summed E-state index contributed by atoms with van der Waals surface area (Å²) in [5, 5.41) is 7.37. The zero-order valence-corrected chi connectivity index (χ0v) is 20.9. The molecule has 1 N–H and O–H groups in total. The molecule has 1 aromatic carbocycles. The molecular weight excluding hydrogens is 444 g/mol. The van der Waals surface area contributed by atoms with E-state index in [1.54, 1.807) is 23.7 Å². The molecule has 1 atom stereocenters. The van der Waals surface area contributed by atoms with Crippen molar-refractivity contribution in [3.63, 3.8) is 0 Å². The van der Waals surface area contributed by atoms with Gasteiger partial charge in [0.15, 0.2) is 23.5 Å². The van der Waals surface area contributed by atoms with Gasteiger partial charge in [-0.05, 0) is 77.7 Å². The van der Waals surface area contributed by atoms with E-state index in [1.165, 1.54) is 0 Å². The Labute approximate surface area is 204 Å². The van der Waals surface area contributed by atoms with Crippen LogP contribution in [0.4, 0.5) is 5.82 Å². The highest BCUT2D eigenvalue weighted by Gasteiger charge is 2.19. The second kappa shape index (κ2) is 10.1. The first-order valence-electron chi connectivity index (χ1n) is 11.4. The van der Waals surface area contributed by atoms with E-state index in [9.17, 15) is 4.79 Å². The number of anilines is 1. The summed E-state index contributed by atoms with van der Waals surface area (Å²) in [5.74, 6) is 2.74. The van der Waals surface area contributed by atoms with Crippen LogP contribution in [0.15, 0.2) is 52.9 Å². The number of nitrogens with one attached hydrogen (secondary N) is 1. The van der Waals surface area contributed by atoms with Gasteiger partial charge in [0, 0.05) is 18.3 Å². The maximum Gasteiger partial charge on any atom is 0.266 e. The third-order valence-corrected chi connectivity index (χ3v) is 5.23. The molecule has 0 aliphatic rings. The maximum absolute atomic E-state index is 13.0. The minimum absolute atomic E-state index is 0.327. The highest BCUT2D eigenvalue weighted by atomic mass is 16.5. The number of amides is 1. The van der Waals surface area contributed by atoms with Gasteiger partial charge in [0.25, 0.3) is 5.91 Å². The van der Waals surface area contributed by atoms with Crippen LogP contribution in [0, 0.1) is 20.8 Å². The first kappa shape index (κ1) is 24.2. The Balaban J connectivity index is 1.58. The van der Waals surface area contributed by atoms with Crippen molar-refractivity contribution in [3.05, 3.63) is 71.2 Å². The number of nitrogens with zero attached hydrogens (tertiary/aromatic N) is 5. The van der Waals surface area contributed by atoms with Crippen LogP contribution in [0.2, 0.25) is 0 Å². The number of aryl methyl sites for hydroxylation is 3. The van der Waals surface area contributed by atoms with E-state index in [4.69, 9.17) is 9.15 Å². The van der Waals surface area contributed by atoms with Crippen LogP contribution in [-0.4, -0.2) is 50.8 Å². The van der Waals surface area contributed by atoms with Gasteiger partial charge in [-0.25, -0.2) is 14.6 Å². The van der Waals surface area contributed by atoms with Crippen molar-refractivity contribution in [1.82, 2.24) is 24.6 Å². The number of hydrogen-bond donors (Lipinski definition) is 1. The molecule has 4 aromatic rings. The zero-order chi connectivity index (χ0) is 25.1. The molecule has 0 fully saturated rings. The third kappa shape index (κ3) is 5.93. The van der Waals surface area contributed by atoms with Crippen LogP contribution in [0.25, 0.3) is 17.4 Å². The van der Waals surface area contributed by atoms with Crippen LogP contribution >= 0.6 is 0 Å². The molecule has 0 aliphatic carbocycles. The minimum Gasteiger partial charge on any atom is -0.481 e. The molecule has 0 saturated heterocycles. The summed E-state index contributed by atoms with van der Waals surface area (Å²) in [4.78, 5) is 24.2. The summed E-state index contributed by atoms with van der Waals surface area (Å²) in [7, 11) is 4.01. The highest BCUT2D eigenvalue weighted by Crippen LogP contribution is 2.23. The van der Waals surface area contributed by atoms with E-state index < -0.39 is 6.10 Å². The smallest absolute Gasteiger partial charge is 0.266 e. The monoisotopic (exact) mass is 474 g/mol. The van der Waals surface area contributed by atoms with Gasteiger partial charge in [0.2, 0.25) is 0 Å². The van der Waals surface area contributed by atoms with Crippen LogP contribution in [0.1, 0.15) is 29.6 Å². The quantitative estimate of drug-likeness (QED) is 0.406. The second-order valence-electron chi connectivity index (χ2n) is 8.82. The summed E-state index contributed by atoms with van der Waals surface area (Å²) in [6.45, 7) is 8.19. The van der Waals surface area contributed by atoms with E-state index in [0.29, 0.717) is 29.0 Å². The fourth-order valence-electron chi connectivity index (χ4n) is 3.70. The van der Waals surface area contributed by atoms with E-state index >= 15 is 0 Å². The number of carbonyl (C=O) groups excluding carboxylic acids is 1. The van der Waals surface area contributed by atoms with Crippen molar-refractivity contribution in [2.45, 2.75) is 40.3 Å². The average Bonchev–Trinajstić information content (AvgIpc) is 3.37. The molecule has 0 bridgehead atoms. The first-order chi connectivity index (χ1) is 16.7. The van der Waals surface area contributed by atoms with Crippen LogP contribution in [0.5, 0.6) is 5.75 Å². The minimum atomic E-state index is -0.744. The number of ether oxygens (including phenoxy) is 1. The third-order valence-electron chi connectivity index (χ3n) is 5.23. The molecule has 0 aliphatic heterocycles. The molecule has 182 valence electrons. The zero-order valence-electron chi connectivity index (χ0n) is 20.9. The number of benzene rings is 1. The summed E-state index contributed by atoms with van der Waals surface area (Å²) in [6, 6.07) is 15.0.